The monoisotopic (exact) mass is 441 g/mol. The Morgan fingerprint density at radius 3 is 2.26 bits per heavy atom. The molecule has 164 valence electrons. The Labute approximate surface area is 173 Å². The van der Waals surface area contributed by atoms with Gasteiger partial charge in [-0.3, -0.25) is 4.90 Å². The highest BCUT2D eigenvalue weighted by atomic mass is 19.4. The van der Waals surface area contributed by atoms with E-state index < -0.39 is 47.6 Å². The summed E-state index contributed by atoms with van der Waals surface area (Å²) >= 11 is 0. The summed E-state index contributed by atoms with van der Waals surface area (Å²) < 4.78 is 72.7. The van der Waals surface area contributed by atoms with E-state index in [4.69, 9.17) is 4.74 Å². The van der Waals surface area contributed by atoms with Gasteiger partial charge in [-0.1, -0.05) is 6.07 Å². The Balaban J connectivity index is 1.79. The number of likely N-dealkylation sites (N-methyl/N-ethyl adjacent to an activating group) is 1. The maximum Gasteiger partial charge on any atom is 0.416 e. The van der Waals surface area contributed by atoms with Crippen LogP contribution in [0, 0.1) is 11.6 Å². The second-order valence-corrected chi connectivity index (χ2v) is 6.66. The Kier molecular flexibility index (Phi) is 6.29. The average molecular weight is 441 g/mol. The largest absolute Gasteiger partial charge is 0.456 e. The van der Waals surface area contributed by atoms with Crippen LogP contribution in [-0.4, -0.2) is 45.2 Å². The zero-order valence-electron chi connectivity index (χ0n) is 16.3. The van der Waals surface area contributed by atoms with Crippen molar-refractivity contribution in [2.75, 3.05) is 14.1 Å². The van der Waals surface area contributed by atoms with Crippen molar-refractivity contribution >= 4 is 5.97 Å². The standard InChI is InChI=1S/C19H16F5N5O2/c1-28(2)17(16-13(20)4-3-5-14(16)21)18(30)31-10-15-25-26-27-29(15)12-8-6-11(7-9-12)19(22,23)24/h3-9,17H,10H2,1-2H3. The molecule has 0 saturated carbocycles. The van der Waals surface area contributed by atoms with Gasteiger partial charge in [-0.05, 0) is 60.9 Å². The highest BCUT2D eigenvalue weighted by Crippen LogP contribution is 2.30. The first-order valence-corrected chi connectivity index (χ1v) is 8.81. The van der Waals surface area contributed by atoms with E-state index in [-0.39, 0.29) is 11.5 Å². The van der Waals surface area contributed by atoms with Gasteiger partial charge in [0.1, 0.15) is 17.7 Å². The Morgan fingerprint density at radius 1 is 1.10 bits per heavy atom. The number of rotatable bonds is 6. The summed E-state index contributed by atoms with van der Waals surface area (Å²) in [7, 11) is 2.90. The van der Waals surface area contributed by atoms with Gasteiger partial charge < -0.3 is 4.74 Å². The molecule has 31 heavy (non-hydrogen) atoms. The third-order valence-electron chi connectivity index (χ3n) is 4.33. The second-order valence-electron chi connectivity index (χ2n) is 6.66. The van der Waals surface area contributed by atoms with Gasteiger partial charge in [0.15, 0.2) is 12.4 Å². The highest BCUT2D eigenvalue weighted by molar-refractivity contribution is 5.77. The van der Waals surface area contributed by atoms with Crippen molar-refractivity contribution in [3.8, 4) is 5.69 Å². The molecular weight excluding hydrogens is 425 g/mol. The molecule has 0 bridgehead atoms. The number of nitrogens with zero attached hydrogens (tertiary/aromatic N) is 5. The van der Waals surface area contributed by atoms with Crippen LogP contribution in [0.2, 0.25) is 0 Å². The van der Waals surface area contributed by atoms with Crippen LogP contribution < -0.4 is 0 Å². The van der Waals surface area contributed by atoms with E-state index in [0.29, 0.717) is 0 Å². The third-order valence-corrected chi connectivity index (χ3v) is 4.33. The van der Waals surface area contributed by atoms with Crippen LogP contribution in [0.4, 0.5) is 22.0 Å². The van der Waals surface area contributed by atoms with Crippen LogP contribution in [0.25, 0.3) is 5.69 Å². The van der Waals surface area contributed by atoms with Crippen molar-refractivity contribution in [1.82, 2.24) is 25.1 Å². The normalized spacial score (nSPS) is 12.8. The molecule has 0 fully saturated rings. The zero-order valence-corrected chi connectivity index (χ0v) is 16.3. The molecular formula is C19H16F5N5O2. The fraction of sp³-hybridized carbons (Fsp3) is 0.263. The lowest BCUT2D eigenvalue weighted by Crippen LogP contribution is -2.31. The number of alkyl halides is 3. The zero-order chi connectivity index (χ0) is 22.8. The molecule has 7 nitrogen and oxygen atoms in total. The minimum atomic E-state index is -4.50. The van der Waals surface area contributed by atoms with Crippen molar-refractivity contribution in [3.05, 3.63) is 71.1 Å². The van der Waals surface area contributed by atoms with Crippen LogP contribution in [0.5, 0.6) is 0 Å². The molecule has 1 unspecified atom stereocenters. The summed E-state index contributed by atoms with van der Waals surface area (Å²) in [6.45, 7) is -0.479. The maximum absolute atomic E-state index is 14.1. The van der Waals surface area contributed by atoms with Gasteiger partial charge in [-0.2, -0.15) is 17.9 Å². The number of benzene rings is 2. The molecule has 2 aromatic carbocycles. The van der Waals surface area contributed by atoms with Crippen molar-refractivity contribution < 1.29 is 31.5 Å². The van der Waals surface area contributed by atoms with Gasteiger partial charge >= 0.3 is 12.1 Å². The van der Waals surface area contributed by atoms with Gasteiger partial charge in [0.25, 0.3) is 0 Å². The number of ether oxygens (including phenoxy) is 1. The molecule has 1 atom stereocenters. The SMILES string of the molecule is CN(C)C(C(=O)OCc1nnnn1-c1ccc(C(F)(F)F)cc1)c1c(F)cccc1F. The van der Waals surface area contributed by atoms with Crippen molar-refractivity contribution in [3.63, 3.8) is 0 Å². The second kappa shape index (κ2) is 8.76. The van der Waals surface area contributed by atoms with Gasteiger partial charge in [-0.15, -0.1) is 5.10 Å². The number of carbonyl (C=O) groups excluding carboxylic acids is 1. The predicted octanol–water partition coefficient (Wildman–Crippen LogP) is 3.31. The van der Waals surface area contributed by atoms with E-state index in [2.05, 4.69) is 15.5 Å². The van der Waals surface area contributed by atoms with E-state index in [9.17, 15) is 26.7 Å². The summed E-state index contributed by atoms with van der Waals surface area (Å²) in [5.74, 6) is -2.79. The minimum Gasteiger partial charge on any atom is -0.456 e. The molecule has 1 heterocycles. The maximum atomic E-state index is 14.1. The number of hydrogen-bond acceptors (Lipinski definition) is 6. The number of aromatic nitrogens is 4. The van der Waals surface area contributed by atoms with Crippen molar-refractivity contribution in [1.29, 1.82) is 0 Å². The van der Waals surface area contributed by atoms with E-state index >= 15 is 0 Å². The van der Waals surface area contributed by atoms with Crippen molar-refractivity contribution in [2.24, 2.45) is 0 Å². The van der Waals surface area contributed by atoms with Crippen LogP contribution in [0.15, 0.2) is 42.5 Å². The first-order valence-electron chi connectivity index (χ1n) is 8.81. The molecule has 0 aliphatic carbocycles. The number of halogens is 5. The molecule has 3 aromatic rings. The Morgan fingerprint density at radius 2 is 1.71 bits per heavy atom. The lowest BCUT2D eigenvalue weighted by atomic mass is 10.0. The van der Waals surface area contributed by atoms with Crippen LogP contribution in [0.1, 0.15) is 23.0 Å². The van der Waals surface area contributed by atoms with Gasteiger partial charge in [0, 0.05) is 0 Å². The van der Waals surface area contributed by atoms with E-state index in [0.717, 1.165) is 41.1 Å². The molecule has 12 heteroatoms. The van der Waals surface area contributed by atoms with Gasteiger partial charge in [0.05, 0.1) is 16.8 Å². The summed E-state index contributed by atoms with van der Waals surface area (Å²) in [5, 5.41) is 10.8. The minimum absolute atomic E-state index is 0.000352. The number of esters is 1. The first-order chi connectivity index (χ1) is 14.6. The molecule has 0 amide bonds. The number of tetrazole rings is 1. The molecule has 1 aromatic heterocycles. The van der Waals surface area contributed by atoms with E-state index in [1.165, 1.54) is 25.1 Å². The summed E-state index contributed by atoms with van der Waals surface area (Å²) in [4.78, 5) is 13.9. The molecule has 0 radical (unpaired) electrons. The lowest BCUT2D eigenvalue weighted by Gasteiger charge is -2.23. The molecule has 0 aliphatic heterocycles. The van der Waals surface area contributed by atoms with E-state index in [1.807, 2.05) is 0 Å². The number of carbonyl (C=O) groups is 1. The fourth-order valence-corrected chi connectivity index (χ4v) is 2.86. The Hall–Kier alpha value is -3.41. The lowest BCUT2D eigenvalue weighted by molar-refractivity contribution is -0.151. The average Bonchev–Trinajstić information content (AvgIpc) is 3.17. The molecule has 0 saturated heterocycles. The summed E-state index contributed by atoms with van der Waals surface area (Å²) in [6.07, 6.45) is -4.50. The molecule has 0 spiro atoms. The first kappa shape index (κ1) is 22.3. The molecule has 0 aliphatic rings. The van der Waals surface area contributed by atoms with Crippen LogP contribution in [0.3, 0.4) is 0 Å². The van der Waals surface area contributed by atoms with Crippen molar-refractivity contribution in [2.45, 2.75) is 18.8 Å². The smallest absolute Gasteiger partial charge is 0.416 e. The fourth-order valence-electron chi connectivity index (χ4n) is 2.86. The topological polar surface area (TPSA) is 73.1 Å². The Bertz CT molecular complexity index is 1050. The van der Waals surface area contributed by atoms with Crippen LogP contribution in [-0.2, 0) is 22.3 Å². The predicted molar refractivity (Wildman–Crippen MR) is 96.7 cm³/mol. The summed E-state index contributed by atoms with van der Waals surface area (Å²) in [6, 6.07) is 5.86. The molecule has 0 N–H and O–H groups in total. The highest BCUT2D eigenvalue weighted by Gasteiger charge is 2.31. The molecule has 3 rings (SSSR count). The third kappa shape index (κ3) is 4.85. The van der Waals surface area contributed by atoms with Gasteiger partial charge in [0.2, 0.25) is 0 Å². The quantitative estimate of drug-likeness (QED) is 0.432. The van der Waals surface area contributed by atoms with Gasteiger partial charge in [-0.25, -0.2) is 13.6 Å². The summed E-state index contributed by atoms with van der Waals surface area (Å²) in [5.41, 5.74) is -1.12. The van der Waals surface area contributed by atoms with Crippen LogP contribution >= 0.6 is 0 Å². The number of hydrogen-bond donors (Lipinski definition) is 0. The van der Waals surface area contributed by atoms with E-state index in [1.54, 1.807) is 0 Å².